The molecule has 0 aliphatic carbocycles. The number of nitrogens with one attached hydrogen (secondary N) is 1. The molecule has 0 saturated carbocycles. The molecule has 0 amide bonds. The number of rotatable bonds is 5. The maximum Gasteiger partial charge on any atom is 0.151 e. The lowest BCUT2D eigenvalue weighted by molar-refractivity contribution is 0.0819. The Morgan fingerprint density at radius 1 is 1.38 bits per heavy atom. The fraction of sp³-hybridized carbons (Fsp3) is 0.812. The molecule has 120 valence electrons. The number of hydrogen-bond donors (Lipinski definition) is 1. The van der Waals surface area contributed by atoms with E-state index in [0.29, 0.717) is 6.04 Å². The minimum atomic E-state index is 0.102. The predicted octanol–water partition coefficient (Wildman–Crippen LogP) is 2.09. The summed E-state index contributed by atoms with van der Waals surface area (Å²) in [6.07, 6.45) is 1.20. The first-order chi connectivity index (χ1) is 9.87. The maximum atomic E-state index is 5.48. The van der Waals surface area contributed by atoms with Gasteiger partial charge in [-0.15, -0.1) is 0 Å². The fourth-order valence-corrected chi connectivity index (χ4v) is 2.68. The maximum absolute atomic E-state index is 5.48. The van der Waals surface area contributed by atoms with E-state index >= 15 is 0 Å². The van der Waals surface area contributed by atoms with Gasteiger partial charge in [0, 0.05) is 43.8 Å². The number of piperazine rings is 1. The Hall–Kier alpha value is -0.910. The molecule has 0 radical (unpaired) electrons. The monoisotopic (exact) mass is 294 g/mol. The van der Waals surface area contributed by atoms with Gasteiger partial charge >= 0.3 is 0 Å². The highest BCUT2D eigenvalue weighted by Crippen LogP contribution is 2.15. The second-order valence-electron chi connectivity index (χ2n) is 7.17. The van der Waals surface area contributed by atoms with Crippen LogP contribution in [-0.2, 0) is 13.1 Å². The van der Waals surface area contributed by atoms with E-state index in [1.807, 2.05) is 0 Å². The van der Waals surface area contributed by atoms with E-state index in [0.717, 1.165) is 44.2 Å². The van der Waals surface area contributed by atoms with E-state index in [9.17, 15) is 0 Å². The third-order valence-corrected chi connectivity index (χ3v) is 4.12. The Labute approximate surface area is 128 Å². The van der Waals surface area contributed by atoms with Crippen molar-refractivity contribution in [3.63, 3.8) is 0 Å². The van der Waals surface area contributed by atoms with Gasteiger partial charge in [-0.1, -0.05) is 12.1 Å². The first-order valence-corrected chi connectivity index (χ1v) is 7.99. The van der Waals surface area contributed by atoms with Crippen molar-refractivity contribution in [3.8, 4) is 0 Å². The summed E-state index contributed by atoms with van der Waals surface area (Å²) < 4.78 is 5.48. The Morgan fingerprint density at radius 3 is 2.81 bits per heavy atom. The van der Waals surface area contributed by atoms with Gasteiger partial charge in [0.05, 0.1) is 12.2 Å². The lowest BCUT2D eigenvalue weighted by Crippen LogP contribution is -2.50. The molecule has 1 aliphatic rings. The molecular weight excluding hydrogens is 264 g/mol. The van der Waals surface area contributed by atoms with E-state index in [1.54, 1.807) is 0 Å². The van der Waals surface area contributed by atoms with Gasteiger partial charge in [-0.25, -0.2) is 0 Å². The van der Waals surface area contributed by atoms with Gasteiger partial charge in [-0.2, -0.15) is 0 Å². The van der Waals surface area contributed by atoms with E-state index < -0.39 is 0 Å². The van der Waals surface area contributed by atoms with Crippen LogP contribution >= 0.6 is 0 Å². The molecule has 1 N–H and O–H groups in total. The van der Waals surface area contributed by atoms with E-state index in [2.05, 4.69) is 61.1 Å². The minimum absolute atomic E-state index is 0.102. The van der Waals surface area contributed by atoms with Crippen LogP contribution in [-0.4, -0.2) is 53.2 Å². The first kappa shape index (κ1) is 16.5. The average molecular weight is 294 g/mol. The summed E-state index contributed by atoms with van der Waals surface area (Å²) in [5, 5.41) is 7.60. The smallest absolute Gasteiger partial charge is 0.151 e. The molecule has 0 spiro atoms. The van der Waals surface area contributed by atoms with Crippen molar-refractivity contribution >= 4 is 0 Å². The van der Waals surface area contributed by atoms with Gasteiger partial charge in [0.1, 0.15) is 0 Å². The van der Waals surface area contributed by atoms with Gasteiger partial charge in [-0.05, 0) is 34.2 Å². The molecule has 1 saturated heterocycles. The molecule has 1 aromatic rings. The molecule has 1 aromatic heterocycles. The van der Waals surface area contributed by atoms with E-state index in [1.165, 1.54) is 6.42 Å². The molecule has 5 heteroatoms. The standard InChI is InChI=1S/C16H30N4O/c1-6-14-11-20(8-7-19(14)5)12-15-9-13(18-21-15)10-17-16(2,3)4/h9,14,17H,6-8,10-12H2,1-5H3. The van der Waals surface area contributed by atoms with E-state index in [-0.39, 0.29) is 5.54 Å². The third-order valence-electron chi connectivity index (χ3n) is 4.12. The van der Waals surface area contributed by atoms with Gasteiger partial charge in [0.15, 0.2) is 5.76 Å². The number of likely N-dealkylation sites (N-methyl/N-ethyl adjacent to an activating group) is 1. The van der Waals surface area contributed by atoms with Gasteiger partial charge in [-0.3, -0.25) is 4.90 Å². The highest BCUT2D eigenvalue weighted by molar-refractivity contribution is 5.06. The molecule has 1 unspecified atom stereocenters. The van der Waals surface area contributed by atoms with Crippen LogP contribution in [0.2, 0.25) is 0 Å². The highest BCUT2D eigenvalue weighted by atomic mass is 16.5. The zero-order valence-corrected chi connectivity index (χ0v) is 14.1. The van der Waals surface area contributed by atoms with E-state index in [4.69, 9.17) is 4.52 Å². The summed E-state index contributed by atoms with van der Waals surface area (Å²) in [6.45, 7) is 13.7. The molecule has 21 heavy (non-hydrogen) atoms. The second kappa shape index (κ2) is 6.90. The Kier molecular flexibility index (Phi) is 5.41. The van der Waals surface area contributed by atoms with Crippen molar-refractivity contribution in [2.24, 2.45) is 0 Å². The molecule has 0 aromatic carbocycles. The van der Waals surface area contributed by atoms with Crippen LogP contribution in [0.15, 0.2) is 10.6 Å². The van der Waals surface area contributed by atoms with Crippen molar-refractivity contribution in [3.05, 3.63) is 17.5 Å². The zero-order chi connectivity index (χ0) is 15.5. The van der Waals surface area contributed by atoms with Gasteiger partial charge in [0.2, 0.25) is 0 Å². The molecular formula is C16H30N4O. The normalized spacial score (nSPS) is 21.9. The molecule has 1 aliphatic heterocycles. The summed E-state index contributed by atoms with van der Waals surface area (Å²) in [7, 11) is 2.22. The highest BCUT2D eigenvalue weighted by Gasteiger charge is 2.23. The fourth-order valence-electron chi connectivity index (χ4n) is 2.68. The molecule has 2 rings (SSSR count). The van der Waals surface area contributed by atoms with Crippen molar-refractivity contribution in [1.29, 1.82) is 0 Å². The Morgan fingerprint density at radius 2 is 2.14 bits per heavy atom. The summed E-state index contributed by atoms with van der Waals surface area (Å²) in [4.78, 5) is 4.92. The van der Waals surface area contributed by atoms with Crippen molar-refractivity contribution in [2.75, 3.05) is 26.7 Å². The molecule has 2 heterocycles. The summed E-state index contributed by atoms with van der Waals surface area (Å²) >= 11 is 0. The molecule has 1 atom stereocenters. The topological polar surface area (TPSA) is 44.5 Å². The molecule has 5 nitrogen and oxygen atoms in total. The van der Waals surface area contributed by atoms with Crippen LogP contribution in [0.4, 0.5) is 0 Å². The van der Waals surface area contributed by atoms with Crippen LogP contribution in [0.3, 0.4) is 0 Å². The van der Waals surface area contributed by atoms with Crippen LogP contribution in [0.25, 0.3) is 0 Å². The number of nitrogens with zero attached hydrogens (tertiary/aromatic N) is 3. The van der Waals surface area contributed by atoms with Crippen molar-refractivity contribution in [1.82, 2.24) is 20.3 Å². The van der Waals surface area contributed by atoms with Crippen LogP contribution in [0, 0.1) is 0 Å². The number of aromatic nitrogens is 1. The lowest BCUT2D eigenvalue weighted by Gasteiger charge is -2.38. The first-order valence-electron chi connectivity index (χ1n) is 7.99. The largest absolute Gasteiger partial charge is 0.360 e. The Balaban J connectivity index is 1.85. The average Bonchev–Trinajstić information content (AvgIpc) is 2.85. The summed E-state index contributed by atoms with van der Waals surface area (Å²) in [5.41, 5.74) is 1.09. The molecule has 1 fully saturated rings. The summed E-state index contributed by atoms with van der Waals surface area (Å²) in [5.74, 6) is 0.972. The van der Waals surface area contributed by atoms with Gasteiger partial charge < -0.3 is 14.7 Å². The van der Waals surface area contributed by atoms with Crippen molar-refractivity contribution in [2.45, 2.75) is 58.8 Å². The predicted molar refractivity (Wildman–Crippen MR) is 85.1 cm³/mol. The SMILES string of the molecule is CCC1CN(Cc2cc(CNC(C)(C)C)no2)CCN1C. The second-order valence-corrected chi connectivity index (χ2v) is 7.17. The zero-order valence-electron chi connectivity index (χ0n) is 14.1. The quantitative estimate of drug-likeness (QED) is 0.901. The van der Waals surface area contributed by atoms with Crippen LogP contribution in [0.1, 0.15) is 45.6 Å². The van der Waals surface area contributed by atoms with Crippen LogP contribution < -0.4 is 5.32 Å². The Bertz CT molecular complexity index is 438. The van der Waals surface area contributed by atoms with Crippen LogP contribution in [0.5, 0.6) is 0 Å². The minimum Gasteiger partial charge on any atom is -0.360 e. The number of hydrogen-bond acceptors (Lipinski definition) is 5. The third kappa shape index (κ3) is 5.09. The molecule has 0 bridgehead atoms. The van der Waals surface area contributed by atoms with Gasteiger partial charge in [0.25, 0.3) is 0 Å². The lowest BCUT2D eigenvalue weighted by atomic mass is 10.1. The van der Waals surface area contributed by atoms with Crippen molar-refractivity contribution < 1.29 is 4.52 Å². The summed E-state index contributed by atoms with van der Waals surface area (Å²) in [6, 6.07) is 2.74.